The largest absolute Gasteiger partial charge is 0.416 e. The molecule has 1 aliphatic rings. The summed E-state index contributed by atoms with van der Waals surface area (Å²) in [5, 5.41) is 14.6. The van der Waals surface area contributed by atoms with E-state index >= 15 is 0 Å². The molecular formula is C14H14F3N3O. The van der Waals surface area contributed by atoms with Crippen LogP contribution in [0.5, 0.6) is 0 Å². The van der Waals surface area contributed by atoms with Gasteiger partial charge in [0.15, 0.2) is 0 Å². The fraction of sp³-hybridized carbons (Fsp3) is 0.429. The van der Waals surface area contributed by atoms with Crippen LogP contribution in [0.2, 0.25) is 0 Å². The van der Waals surface area contributed by atoms with E-state index in [1.807, 2.05) is 0 Å². The number of amides is 1. The highest BCUT2D eigenvalue weighted by Gasteiger charge is 2.31. The molecule has 1 saturated heterocycles. The summed E-state index contributed by atoms with van der Waals surface area (Å²) in [4.78, 5) is 11.8. The Morgan fingerprint density at radius 1 is 1.48 bits per heavy atom. The molecule has 2 rings (SSSR count). The van der Waals surface area contributed by atoms with E-state index in [4.69, 9.17) is 5.26 Å². The molecule has 1 heterocycles. The highest BCUT2D eigenvalue weighted by Crippen LogP contribution is 2.31. The fourth-order valence-electron chi connectivity index (χ4n) is 2.27. The van der Waals surface area contributed by atoms with Gasteiger partial charge in [-0.25, -0.2) is 0 Å². The van der Waals surface area contributed by atoms with Crippen LogP contribution in [0.3, 0.4) is 0 Å². The molecule has 21 heavy (non-hydrogen) atoms. The number of nitrogens with zero attached hydrogens (tertiary/aromatic N) is 1. The van der Waals surface area contributed by atoms with Gasteiger partial charge in [-0.3, -0.25) is 4.79 Å². The van der Waals surface area contributed by atoms with Crippen LogP contribution in [0.4, 0.5) is 18.9 Å². The lowest BCUT2D eigenvalue weighted by Gasteiger charge is -2.12. The molecule has 1 aliphatic heterocycles. The molecule has 0 spiro atoms. The summed E-state index contributed by atoms with van der Waals surface area (Å²) in [6, 6.07) is 4.39. The Kier molecular flexibility index (Phi) is 4.48. The van der Waals surface area contributed by atoms with Gasteiger partial charge >= 0.3 is 6.18 Å². The number of carbonyl (C=O) groups is 1. The number of hydrogen-bond donors (Lipinski definition) is 2. The molecule has 1 fully saturated rings. The van der Waals surface area contributed by atoms with E-state index < -0.39 is 11.7 Å². The average Bonchev–Trinajstić information content (AvgIpc) is 2.90. The van der Waals surface area contributed by atoms with Gasteiger partial charge in [0.2, 0.25) is 5.91 Å². The van der Waals surface area contributed by atoms with Crippen molar-refractivity contribution in [3.63, 3.8) is 0 Å². The number of alkyl halides is 3. The monoisotopic (exact) mass is 297 g/mol. The highest BCUT2D eigenvalue weighted by atomic mass is 19.4. The molecule has 2 N–H and O–H groups in total. The Labute approximate surface area is 119 Å². The minimum Gasteiger partial charge on any atom is -0.325 e. The maximum Gasteiger partial charge on any atom is 0.416 e. The maximum absolute atomic E-state index is 12.6. The molecule has 0 aromatic heterocycles. The van der Waals surface area contributed by atoms with Crippen molar-refractivity contribution in [3.05, 3.63) is 29.3 Å². The van der Waals surface area contributed by atoms with Gasteiger partial charge in [0.25, 0.3) is 0 Å². The Bertz CT molecular complexity index is 572. The molecule has 0 aliphatic carbocycles. The fourth-order valence-corrected chi connectivity index (χ4v) is 2.27. The second-order valence-electron chi connectivity index (χ2n) is 4.98. The summed E-state index contributed by atoms with van der Waals surface area (Å²) >= 11 is 0. The minimum absolute atomic E-state index is 0.112. The first-order valence-corrected chi connectivity index (χ1v) is 6.52. The third-order valence-electron chi connectivity index (χ3n) is 3.38. The zero-order chi connectivity index (χ0) is 15.5. The summed E-state index contributed by atoms with van der Waals surface area (Å²) in [6.07, 6.45) is -3.33. The first kappa shape index (κ1) is 15.3. The van der Waals surface area contributed by atoms with Crippen LogP contribution in [0.15, 0.2) is 18.2 Å². The SMILES string of the molecule is N#Cc1cc(C(F)(F)F)ccc1NC(=O)CC1CCNC1. The van der Waals surface area contributed by atoms with Gasteiger partial charge in [0, 0.05) is 6.42 Å². The average molecular weight is 297 g/mol. The van der Waals surface area contributed by atoms with Gasteiger partial charge in [-0.1, -0.05) is 0 Å². The predicted molar refractivity (Wildman–Crippen MR) is 70.4 cm³/mol. The van der Waals surface area contributed by atoms with Crippen molar-refractivity contribution in [1.29, 1.82) is 5.26 Å². The Morgan fingerprint density at radius 2 is 2.24 bits per heavy atom. The molecule has 1 aromatic carbocycles. The first-order chi connectivity index (χ1) is 9.90. The minimum atomic E-state index is -4.51. The zero-order valence-corrected chi connectivity index (χ0v) is 11.1. The molecule has 0 bridgehead atoms. The van der Waals surface area contributed by atoms with E-state index in [0.29, 0.717) is 6.42 Å². The summed E-state index contributed by atoms with van der Waals surface area (Å²) in [7, 11) is 0. The van der Waals surface area contributed by atoms with Gasteiger partial charge in [-0.2, -0.15) is 18.4 Å². The van der Waals surface area contributed by atoms with Crippen molar-refractivity contribution < 1.29 is 18.0 Å². The van der Waals surface area contributed by atoms with Gasteiger partial charge in [0.1, 0.15) is 6.07 Å². The quantitative estimate of drug-likeness (QED) is 0.901. The number of nitrogens with one attached hydrogen (secondary N) is 2. The number of carbonyl (C=O) groups excluding carboxylic acids is 1. The molecule has 4 nitrogen and oxygen atoms in total. The molecule has 1 amide bonds. The van der Waals surface area contributed by atoms with Crippen LogP contribution >= 0.6 is 0 Å². The van der Waals surface area contributed by atoms with Gasteiger partial charge in [0.05, 0.1) is 16.8 Å². The lowest BCUT2D eigenvalue weighted by molar-refractivity contribution is -0.137. The van der Waals surface area contributed by atoms with E-state index in [2.05, 4.69) is 10.6 Å². The molecule has 7 heteroatoms. The van der Waals surface area contributed by atoms with Crippen molar-refractivity contribution in [3.8, 4) is 6.07 Å². The smallest absolute Gasteiger partial charge is 0.325 e. The Hall–Kier alpha value is -2.07. The number of benzene rings is 1. The van der Waals surface area contributed by atoms with E-state index in [1.54, 1.807) is 6.07 Å². The number of anilines is 1. The standard InChI is InChI=1S/C14H14F3N3O/c15-14(16,17)11-1-2-12(10(6-11)7-18)20-13(21)5-9-3-4-19-8-9/h1-2,6,9,19H,3-5,8H2,(H,20,21). The van der Waals surface area contributed by atoms with Crippen molar-refractivity contribution >= 4 is 11.6 Å². The number of rotatable bonds is 3. The second kappa shape index (κ2) is 6.14. The van der Waals surface area contributed by atoms with Crippen LogP contribution in [0.25, 0.3) is 0 Å². The van der Waals surface area contributed by atoms with Crippen LogP contribution in [0, 0.1) is 17.2 Å². The van der Waals surface area contributed by atoms with Gasteiger partial charge < -0.3 is 10.6 Å². The normalized spacial score (nSPS) is 18.3. The first-order valence-electron chi connectivity index (χ1n) is 6.52. The Morgan fingerprint density at radius 3 is 2.81 bits per heavy atom. The highest BCUT2D eigenvalue weighted by molar-refractivity contribution is 5.92. The molecule has 112 valence electrons. The number of halogens is 3. The van der Waals surface area contributed by atoms with E-state index in [0.717, 1.165) is 37.7 Å². The van der Waals surface area contributed by atoms with Gasteiger partial charge in [-0.15, -0.1) is 0 Å². The van der Waals surface area contributed by atoms with Crippen LogP contribution in [0.1, 0.15) is 24.0 Å². The number of hydrogen-bond acceptors (Lipinski definition) is 3. The summed E-state index contributed by atoms with van der Waals surface area (Å²) in [6.45, 7) is 1.62. The predicted octanol–water partition coefficient (Wildman–Crippen LogP) is 2.52. The van der Waals surface area contributed by atoms with E-state index in [-0.39, 0.29) is 23.1 Å². The molecule has 1 unspecified atom stereocenters. The zero-order valence-electron chi connectivity index (χ0n) is 11.1. The van der Waals surface area contributed by atoms with Gasteiger partial charge in [-0.05, 0) is 43.6 Å². The number of nitriles is 1. The molecule has 0 saturated carbocycles. The van der Waals surface area contributed by atoms with Crippen molar-refractivity contribution in [2.24, 2.45) is 5.92 Å². The van der Waals surface area contributed by atoms with E-state index in [9.17, 15) is 18.0 Å². The summed E-state index contributed by atoms with van der Waals surface area (Å²) < 4.78 is 37.7. The lowest BCUT2D eigenvalue weighted by Crippen LogP contribution is -2.19. The van der Waals surface area contributed by atoms with Crippen LogP contribution in [-0.2, 0) is 11.0 Å². The van der Waals surface area contributed by atoms with Crippen LogP contribution in [-0.4, -0.2) is 19.0 Å². The van der Waals surface area contributed by atoms with Crippen LogP contribution < -0.4 is 10.6 Å². The third-order valence-corrected chi connectivity index (χ3v) is 3.38. The maximum atomic E-state index is 12.6. The molecule has 0 radical (unpaired) electrons. The van der Waals surface area contributed by atoms with Crippen molar-refractivity contribution in [2.45, 2.75) is 19.0 Å². The van der Waals surface area contributed by atoms with E-state index in [1.165, 1.54) is 0 Å². The summed E-state index contributed by atoms with van der Waals surface area (Å²) in [5.41, 5.74) is -0.985. The van der Waals surface area contributed by atoms with Crippen molar-refractivity contribution in [2.75, 3.05) is 18.4 Å². The van der Waals surface area contributed by atoms with Crippen molar-refractivity contribution in [1.82, 2.24) is 5.32 Å². The molecular weight excluding hydrogens is 283 g/mol. The lowest BCUT2D eigenvalue weighted by atomic mass is 10.0. The third kappa shape index (κ3) is 3.95. The molecule has 1 atom stereocenters. The summed E-state index contributed by atoms with van der Waals surface area (Å²) in [5.74, 6) is -0.0649. The molecule has 1 aromatic rings. The second-order valence-corrected chi connectivity index (χ2v) is 4.98. The topological polar surface area (TPSA) is 64.9 Å². The Balaban J connectivity index is 2.09.